The lowest BCUT2D eigenvalue weighted by Gasteiger charge is -1.98. The van der Waals surface area contributed by atoms with Gasteiger partial charge < -0.3 is 0 Å². The molecule has 0 atom stereocenters. The molecule has 9 heteroatoms. The summed E-state index contributed by atoms with van der Waals surface area (Å²) in [4.78, 5) is 12.6. The quantitative estimate of drug-likeness (QED) is 0.831. The number of halogens is 1. The van der Waals surface area contributed by atoms with Gasteiger partial charge in [-0.1, -0.05) is 22.7 Å². The van der Waals surface area contributed by atoms with Crippen molar-refractivity contribution in [2.24, 2.45) is 0 Å². The Kier molecular flexibility index (Phi) is 3.77. The molecule has 0 saturated heterocycles. The zero-order chi connectivity index (χ0) is 13.5. The molecule has 5 nitrogen and oxygen atoms in total. The number of thiazole rings is 1. The summed E-state index contributed by atoms with van der Waals surface area (Å²) in [6, 6.07) is 1.99. The molecule has 0 bridgehead atoms. The Hall–Kier alpha value is -0.510. The third kappa shape index (κ3) is 3.08. The Morgan fingerprint density at radius 3 is 2.78 bits per heavy atom. The van der Waals surface area contributed by atoms with Crippen LogP contribution in [0.25, 0.3) is 9.53 Å². The molecule has 0 aliphatic heterocycles. The van der Waals surface area contributed by atoms with Crippen LogP contribution in [-0.2, 0) is 21.4 Å². The standard InChI is InChI=1S/C9H9BrN2O3S3/c1-5-12(4-8(13)11-18(2,14)15)9-6(16-5)3-7(10)17-9/h3H,4H2,1-2H3/p+1. The molecule has 2 rings (SSSR count). The summed E-state index contributed by atoms with van der Waals surface area (Å²) in [5, 5.41) is 0.965. The number of thiophene rings is 1. The van der Waals surface area contributed by atoms with Crippen LogP contribution in [0.1, 0.15) is 5.01 Å². The summed E-state index contributed by atoms with van der Waals surface area (Å²) in [6.45, 7) is 1.91. The Balaban J connectivity index is 2.31. The van der Waals surface area contributed by atoms with E-state index in [0.29, 0.717) is 0 Å². The molecule has 1 N–H and O–H groups in total. The van der Waals surface area contributed by atoms with Crippen LogP contribution in [0.4, 0.5) is 0 Å². The highest BCUT2D eigenvalue weighted by Gasteiger charge is 2.23. The highest BCUT2D eigenvalue weighted by atomic mass is 79.9. The number of nitrogens with zero attached hydrogens (tertiary/aromatic N) is 1. The number of nitrogens with one attached hydrogen (secondary N) is 1. The van der Waals surface area contributed by atoms with Crippen molar-refractivity contribution in [3.8, 4) is 0 Å². The smallest absolute Gasteiger partial charge is 0.267 e. The van der Waals surface area contributed by atoms with E-state index in [2.05, 4.69) is 15.9 Å². The maximum atomic E-state index is 11.6. The number of hydrogen-bond donors (Lipinski definition) is 1. The van der Waals surface area contributed by atoms with Crippen LogP contribution in [0, 0.1) is 6.92 Å². The van der Waals surface area contributed by atoms with Gasteiger partial charge in [0.2, 0.25) is 21.6 Å². The van der Waals surface area contributed by atoms with Crippen molar-refractivity contribution in [2.45, 2.75) is 13.5 Å². The summed E-state index contributed by atoms with van der Waals surface area (Å²) in [7, 11) is -3.50. The fraction of sp³-hybridized carbons (Fsp3) is 0.333. The van der Waals surface area contributed by atoms with Crippen LogP contribution in [0.15, 0.2) is 9.85 Å². The van der Waals surface area contributed by atoms with Crippen LogP contribution >= 0.6 is 38.6 Å². The van der Waals surface area contributed by atoms with Gasteiger partial charge in [-0.3, -0.25) is 4.79 Å². The van der Waals surface area contributed by atoms with E-state index in [0.717, 1.165) is 24.6 Å². The summed E-state index contributed by atoms with van der Waals surface area (Å²) >= 11 is 6.49. The Labute approximate surface area is 121 Å². The number of rotatable bonds is 3. The SMILES string of the molecule is Cc1sc2cc(Br)sc2[n+]1CC(=O)NS(C)(=O)=O. The van der Waals surface area contributed by atoms with Crippen molar-refractivity contribution >= 4 is 64.1 Å². The van der Waals surface area contributed by atoms with E-state index in [1.165, 1.54) is 11.3 Å². The number of aromatic nitrogens is 1. The molecule has 98 valence electrons. The molecule has 0 aliphatic rings. The predicted molar refractivity (Wildman–Crippen MR) is 75.3 cm³/mol. The number of sulfonamides is 1. The number of carbonyl (C=O) groups is 1. The molecule has 0 saturated carbocycles. The molecular formula is C9H10BrN2O3S3+. The minimum Gasteiger partial charge on any atom is -0.267 e. The highest BCUT2D eigenvalue weighted by Crippen LogP contribution is 2.31. The third-order valence-corrected chi connectivity index (χ3v) is 5.57. The van der Waals surface area contributed by atoms with Crippen molar-refractivity contribution in [1.29, 1.82) is 0 Å². The van der Waals surface area contributed by atoms with Crippen molar-refractivity contribution < 1.29 is 17.8 Å². The van der Waals surface area contributed by atoms with Gasteiger partial charge in [0, 0.05) is 6.92 Å². The van der Waals surface area contributed by atoms with Crippen LogP contribution in [0.2, 0.25) is 0 Å². The normalized spacial score (nSPS) is 11.9. The van der Waals surface area contributed by atoms with E-state index in [-0.39, 0.29) is 6.54 Å². The van der Waals surface area contributed by atoms with Crippen LogP contribution in [-0.4, -0.2) is 20.6 Å². The maximum Gasteiger partial charge on any atom is 0.299 e. The largest absolute Gasteiger partial charge is 0.299 e. The lowest BCUT2D eigenvalue weighted by molar-refractivity contribution is -0.658. The average molecular weight is 370 g/mol. The molecule has 2 aromatic heterocycles. The highest BCUT2D eigenvalue weighted by molar-refractivity contribution is 9.11. The van der Waals surface area contributed by atoms with Crippen LogP contribution in [0.5, 0.6) is 0 Å². The second kappa shape index (κ2) is 4.87. The van der Waals surface area contributed by atoms with Gasteiger partial charge in [0.05, 0.1) is 10.0 Å². The number of fused-ring (bicyclic) bond motifs is 1. The Morgan fingerprint density at radius 1 is 1.50 bits per heavy atom. The van der Waals surface area contributed by atoms with Crippen molar-refractivity contribution in [3.63, 3.8) is 0 Å². The molecule has 0 aliphatic carbocycles. The van der Waals surface area contributed by atoms with Gasteiger partial charge in [0.25, 0.3) is 10.7 Å². The predicted octanol–water partition coefficient (Wildman–Crippen LogP) is 1.40. The van der Waals surface area contributed by atoms with Crippen molar-refractivity contribution in [2.75, 3.05) is 6.26 Å². The fourth-order valence-corrected chi connectivity index (χ4v) is 5.01. The molecule has 0 radical (unpaired) electrons. The number of aryl methyl sites for hydroxylation is 1. The molecular weight excluding hydrogens is 360 g/mol. The van der Waals surface area contributed by atoms with E-state index in [4.69, 9.17) is 0 Å². The fourth-order valence-electron chi connectivity index (χ4n) is 1.52. The Morgan fingerprint density at radius 2 is 2.17 bits per heavy atom. The van der Waals surface area contributed by atoms with Gasteiger partial charge in [-0.05, 0) is 22.0 Å². The first-order chi connectivity index (χ1) is 8.26. The maximum absolute atomic E-state index is 11.6. The number of amides is 1. The number of hydrogen-bond acceptors (Lipinski definition) is 5. The lowest BCUT2D eigenvalue weighted by atomic mass is 10.5. The van der Waals surface area contributed by atoms with Gasteiger partial charge >= 0.3 is 0 Å². The molecule has 0 spiro atoms. The first kappa shape index (κ1) is 13.9. The lowest BCUT2D eigenvalue weighted by Crippen LogP contribution is -2.44. The molecule has 1 amide bonds. The van der Waals surface area contributed by atoms with Gasteiger partial charge in [-0.2, -0.15) is 4.57 Å². The van der Waals surface area contributed by atoms with Gasteiger partial charge in [0.15, 0.2) is 0 Å². The van der Waals surface area contributed by atoms with E-state index in [1.54, 1.807) is 11.3 Å². The van der Waals surface area contributed by atoms with Crippen molar-refractivity contribution in [3.05, 3.63) is 14.9 Å². The minimum absolute atomic E-state index is 0.00581. The molecule has 0 unspecified atom stereocenters. The third-order valence-electron chi connectivity index (χ3n) is 2.13. The molecule has 18 heavy (non-hydrogen) atoms. The summed E-state index contributed by atoms with van der Waals surface area (Å²) in [5.41, 5.74) is 0. The first-order valence-electron chi connectivity index (χ1n) is 4.85. The molecule has 2 heterocycles. The molecule has 0 fully saturated rings. The van der Waals surface area contributed by atoms with E-state index in [1.807, 2.05) is 22.3 Å². The van der Waals surface area contributed by atoms with Crippen LogP contribution in [0.3, 0.4) is 0 Å². The minimum atomic E-state index is -3.50. The molecule has 2 aromatic rings. The van der Waals surface area contributed by atoms with Gasteiger partial charge in [-0.15, -0.1) is 0 Å². The Bertz CT molecular complexity index is 717. The van der Waals surface area contributed by atoms with E-state index in [9.17, 15) is 13.2 Å². The summed E-state index contributed by atoms with van der Waals surface area (Å²) in [5.74, 6) is -0.533. The first-order valence-corrected chi connectivity index (χ1v) is 9.17. The summed E-state index contributed by atoms with van der Waals surface area (Å²) < 4.78 is 27.8. The van der Waals surface area contributed by atoms with E-state index >= 15 is 0 Å². The van der Waals surface area contributed by atoms with Crippen LogP contribution < -0.4 is 9.29 Å². The monoisotopic (exact) mass is 369 g/mol. The van der Waals surface area contributed by atoms with Crippen molar-refractivity contribution in [1.82, 2.24) is 4.72 Å². The topological polar surface area (TPSA) is 67.1 Å². The second-order valence-electron chi connectivity index (χ2n) is 3.72. The zero-order valence-electron chi connectivity index (χ0n) is 9.56. The second-order valence-corrected chi connectivity index (χ2v) is 9.12. The molecule has 0 aromatic carbocycles. The van der Waals surface area contributed by atoms with Gasteiger partial charge in [-0.25, -0.2) is 13.1 Å². The van der Waals surface area contributed by atoms with Gasteiger partial charge in [0.1, 0.15) is 4.70 Å². The van der Waals surface area contributed by atoms with E-state index < -0.39 is 15.9 Å². The zero-order valence-corrected chi connectivity index (χ0v) is 13.6. The number of carbonyl (C=O) groups excluding carboxylic acids is 1. The average Bonchev–Trinajstić information content (AvgIpc) is 2.63. The summed E-state index contributed by atoms with van der Waals surface area (Å²) in [6.07, 6.45) is 0.966.